The van der Waals surface area contributed by atoms with Gasteiger partial charge in [-0.1, -0.05) is 86.5 Å². The first-order chi connectivity index (χ1) is 16.9. The first kappa shape index (κ1) is 25.7. The lowest BCUT2D eigenvalue weighted by atomic mass is 10.1. The number of hydrazine groups is 1. The quantitative estimate of drug-likeness (QED) is 0.232. The molecular formula is C27H32N4O4. The fourth-order valence-electron chi connectivity index (χ4n) is 3.67. The Morgan fingerprint density at radius 2 is 1.63 bits per heavy atom. The maximum Gasteiger partial charge on any atom is 0.408 e. The van der Waals surface area contributed by atoms with E-state index in [1.807, 2.05) is 73.7 Å². The summed E-state index contributed by atoms with van der Waals surface area (Å²) < 4.78 is 5.18. The first-order valence-corrected chi connectivity index (χ1v) is 11.7. The smallest absolute Gasteiger partial charge is 0.408 e. The summed E-state index contributed by atoms with van der Waals surface area (Å²) in [6.07, 6.45) is 1.27. The molecule has 35 heavy (non-hydrogen) atoms. The van der Waals surface area contributed by atoms with Crippen LogP contribution in [0.5, 0.6) is 0 Å². The van der Waals surface area contributed by atoms with E-state index >= 15 is 0 Å². The first-order valence-electron chi connectivity index (χ1n) is 11.7. The molecule has 0 heterocycles. The lowest BCUT2D eigenvalue weighted by molar-refractivity contribution is -0.128. The van der Waals surface area contributed by atoms with Gasteiger partial charge >= 0.3 is 6.09 Å². The maximum atomic E-state index is 13.3. The highest BCUT2D eigenvalue weighted by Gasteiger charge is 2.28. The van der Waals surface area contributed by atoms with Gasteiger partial charge in [0, 0.05) is 5.39 Å². The van der Waals surface area contributed by atoms with Crippen LogP contribution in [0.15, 0.2) is 72.8 Å². The van der Waals surface area contributed by atoms with Gasteiger partial charge in [0.2, 0.25) is 5.91 Å². The Labute approximate surface area is 205 Å². The number of unbranched alkanes of at least 4 members (excludes halogenated alkanes) is 1. The summed E-state index contributed by atoms with van der Waals surface area (Å²) in [5.41, 5.74) is 1.39. The molecule has 3 aromatic carbocycles. The van der Waals surface area contributed by atoms with Crippen LogP contribution < -0.4 is 21.5 Å². The van der Waals surface area contributed by atoms with E-state index in [1.54, 1.807) is 6.07 Å². The molecule has 0 fully saturated rings. The Balaban J connectivity index is 1.64. The van der Waals surface area contributed by atoms with Crippen molar-refractivity contribution >= 4 is 34.4 Å². The van der Waals surface area contributed by atoms with Crippen LogP contribution in [0.4, 0.5) is 10.5 Å². The molecule has 2 atom stereocenters. The molecule has 3 aromatic rings. The number of rotatable bonds is 10. The Kier molecular flexibility index (Phi) is 9.20. The van der Waals surface area contributed by atoms with E-state index in [0.29, 0.717) is 12.1 Å². The van der Waals surface area contributed by atoms with E-state index in [4.69, 9.17) is 10.6 Å². The summed E-state index contributed by atoms with van der Waals surface area (Å²) in [5, 5.41) is 8.14. The molecule has 184 valence electrons. The average molecular weight is 477 g/mol. The predicted octanol–water partition coefficient (Wildman–Crippen LogP) is 4.04. The molecule has 3 amide bonds. The van der Waals surface area contributed by atoms with Crippen molar-refractivity contribution in [1.82, 2.24) is 10.6 Å². The highest BCUT2D eigenvalue weighted by Crippen LogP contribution is 2.25. The van der Waals surface area contributed by atoms with Crippen LogP contribution in [0.3, 0.4) is 0 Å². The molecule has 0 bridgehead atoms. The van der Waals surface area contributed by atoms with Crippen LogP contribution in [-0.4, -0.2) is 30.0 Å². The van der Waals surface area contributed by atoms with Crippen LogP contribution in [0.25, 0.3) is 10.8 Å². The number of hydrogen-bond donors (Lipinski definition) is 3. The molecule has 0 saturated heterocycles. The van der Waals surface area contributed by atoms with Crippen molar-refractivity contribution in [3.05, 3.63) is 78.4 Å². The zero-order valence-electron chi connectivity index (χ0n) is 20.1. The zero-order valence-corrected chi connectivity index (χ0v) is 20.1. The summed E-state index contributed by atoms with van der Waals surface area (Å²) in [6.45, 7) is 3.62. The van der Waals surface area contributed by atoms with Crippen molar-refractivity contribution in [2.45, 2.75) is 51.8 Å². The molecule has 3 rings (SSSR count). The van der Waals surface area contributed by atoms with Crippen molar-refractivity contribution in [3.63, 3.8) is 0 Å². The number of ether oxygens (including phenoxy) is 1. The third kappa shape index (κ3) is 7.04. The van der Waals surface area contributed by atoms with Crippen LogP contribution in [0.1, 0.15) is 38.7 Å². The number of nitrogens with zero attached hydrogens (tertiary/aromatic N) is 1. The molecule has 0 aromatic heterocycles. The molecule has 8 nitrogen and oxygen atoms in total. The third-order valence-electron chi connectivity index (χ3n) is 5.66. The van der Waals surface area contributed by atoms with Gasteiger partial charge in [0.05, 0.1) is 5.69 Å². The summed E-state index contributed by atoms with van der Waals surface area (Å²) >= 11 is 0. The van der Waals surface area contributed by atoms with Crippen molar-refractivity contribution < 1.29 is 19.1 Å². The number of anilines is 1. The fraction of sp³-hybridized carbons (Fsp3) is 0.296. The minimum absolute atomic E-state index is 0.0891. The summed E-state index contributed by atoms with van der Waals surface area (Å²) in [4.78, 5) is 38.2. The second kappa shape index (κ2) is 12.5. The van der Waals surface area contributed by atoms with Gasteiger partial charge in [-0.25, -0.2) is 15.6 Å². The topological polar surface area (TPSA) is 114 Å². The second-order valence-electron chi connectivity index (χ2n) is 8.34. The zero-order chi connectivity index (χ0) is 25.2. The lowest BCUT2D eigenvalue weighted by Crippen LogP contribution is -2.55. The Morgan fingerprint density at radius 3 is 2.37 bits per heavy atom. The van der Waals surface area contributed by atoms with Crippen molar-refractivity contribution in [2.75, 3.05) is 5.01 Å². The summed E-state index contributed by atoms with van der Waals surface area (Å²) in [6, 6.07) is 20.7. The molecule has 0 spiro atoms. The monoisotopic (exact) mass is 476 g/mol. The van der Waals surface area contributed by atoms with E-state index in [9.17, 15) is 14.4 Å². The average Bonchev–Trinajstić information content (AvgIpc) is 2.89. The van der Waals surface area contributed by atoms with Crippen LogP contribution in [-0.2, 0) is 20.9 Å². The van der Waals surface area contributed by atoms with Gasteiger partial charge in [-0.2, -0.15) is 0 Å². The minimum Gasteiger partial charge on any atom is -0.445 e. The maximum absolute atomic E-state index is 13.3. The Hall–Kier alpha value is -3.91. The molecule has 8 heteroatoms. The normalized spacial score (nSPS) is 12.4. The standard InChI is InChI=1S/C27H32N4O4/c1-3-4-16-23(26(33)31(28)24-17-10-14-21-13-8-9-15-22(21)24)30-25(32)19(2)29-27(34)35-18-20-11-6-5-7-12-20/h5-15,17,19,23H,3-4,16,18,28H2,1-2H3,(H,29,34)(H,30,32)/t19-,23-/m0/s1. The fourth-order valence-corrected chi connectivity index (χ4v) is 3.67. The largest absolute Gasteiger partial charge is 0.445 e. The lowest BCUT2D eigenvalue weighted by Gasteiger charge is -2.26. The number of fused-ring (bicyclic) bond motifs is 1. The van der Waals surface area contributed by atoms with Gasteiger partial charge in [-0.05, 0) is 30.4 Å². The molecule has 4 N–H and O–H groups in total. The number of carbonyl (C=O) groups excluding carboxylic acids is 3. The Morgan fingerprint density at radius 1 is 0.943 bits per heavy atom. The number of benzene rings is 3. The van der Waals surface area contributed by atoms with E-state index < -0.39 is 30.0 Å². The number of carbonyl (C=O) groups is 3. The molecule has 0 aliphatic rings. The van der Waals surface area contributed by atoms with Crippen LogP contribution in [0, 0.1) is 0 Å². The Bertz CT molecular complexity index is 1150. The number of alkyl carbamates (subject to hydrolysis) is 1. The van der Waals surface area contributed by atoms with Crippen molar-refractivity contribution in [1.29, 1.82) is 0 Å². The van der Waals surface area contributed by atoms with Gasteiger partial charge in [0.25, 0.3) is 5.91 Å². The molecule has 0 unspecified atom stereocenters. The molecule has 0 radical (unpaired) electrons. The molecular weight excluding hydrogens is 444 g/mol. The summed E-state index contributed by atoms with van der Waals surface area (Å²) in [7, 11) is 0. The van der Waals surface area contributed by atoms with Crippen LogP contribution in [0.2, 0.25) is 0 Å². The SMILES string of the molecule is CCCC[C@H](NC(=O)[C@H](C)NC(=O)OCc1ccccc1)C(=O)N(N)c1cccc2ccccc12. The predicted molar refractivity (Wildman–Crippen MR) is 136 cm³/mol. The minimum atomic E-state index is -0.904. The van der Waals surface area contributed by atoms with Crippen molar-refractivity contribution in [2.24, 2.45) is 5.84 Å². The van der Waals surface area contributed by atoms with Gasteiger partial charge in [0.15, 0.2) is 0 Å². The molecule has 0 aliphatic carbocycles. The van der Waals surface area contributed by atoms with Gasteiger partial charge in [-0.15, -0.1) is 0 Å². The van der Waals surface area contributed by atoms with E-state index in [-0.39, 0.29) is 6.61 Å². The molecule has 0 aliphatic heterocycles. The molecule has 0 saturated carbocycles. The third-order valence-corrected chi connectivity index (χ3v) is 5.66. The number of amides is 3. The van der Waals surface area contributed by atoms with Crippen molar-refractivity contribution in [3.8, 4) is 0 Å². The number of hydrogen-bond acceptors (Lipinski definition) is 5. The van der Waals surface area contributed by atoms with E-state index in [0.717, 1.165) is 34.2 Å². The second-order valence-corrected chi connectivity index (χ2v) is 8.34. The van der Waals surface area contributed by atoms with E-state index in [2.05, 4.69) is 10.6 Å². The number of nitrogens with two attached hydrogens (primary N) is 1. The van der Waals surface area contributed by atoms with Gasteiger partial charge in [-0.3, -0.25) is 9.59 Å². The van der Waals surface area contributed by atoms with Gasteiger partial charge < -0.3 is 15.4 Å². The van der Waals surface area contributed by atoms with E-state index in [1.165, 1.54) is 6.92 Å². The van der Waals surface area contributed by atoms with Gasteiger partial charge in [0.1, 0.15) is 18.7 Å². The highest BCUT2D eigenvalue weighted by atomic mass is 16.5. The number of nitrogens with one attached hydrogen (secondary N) is 2. The highest BCUT2D eigenvalue weighted by molar-refractivity contribution is 6.05. The van der Waals surface area contributed by atoms with Crippen LogP contribution >= 0.6 is 0 Å². The summed E-state index contributed by atoms with van der Waals surface area (Å²) in [5.74, 6) is 5.32.